The third-order valence-corrected chi connectivity index (χ3v) is 30.8. The van der Waals surface area contributed by atoms with Crippen molar-refractivity contribution >= 4 is 234 Å². The monoisotopic (exact) mass is 2960 g/mol. The van der Waals surface area contributed by atoms with Crippen molar-refractivity contribution in [1.82, 2.24) is 29.4 Å². The molecular weight excluding hydrogens is 2830 g/mol. The van der Waals surface area contributed by atoms with E-state index in [2.05, 4.69) is 211 Å². The molecule has 120 heavy (non-hydrogen) atoms. The fourth-order valence-corrected chi connectivity index (χ4v) is 14.5. The number of alkyl halides is 1. The van der Waals surface area contributed by atoms with Crippen LogP contribution in [0.15, 0.2) is 71.1 Å². The average molecular weight is 2960 g/mol. The van der Waals surface area contributed by atoms with Crippen LogP contribution in [0.4, 0.5) is 2.86 Å². The Morgan fingerprint density at radius 3 is 1.43 bits per heavy atom. The van der Waals surface area contributed by atoms with Crippen molar-refractivity contribution in [2.45, 2.75) is 216 Å². The van der Waals surface area contributed by atoms with Gasteiger partial charge in [0.2, 0.25) is 14.1 Å². The van der Waals surface area contributed by atoms with E-state index in [-0.39, 0.29) is 130 Å². The number of rotatable bonds is 17. The Kier molecular flexibility index (Phi) is 69.7. The van der Waals surface area contributed by atoms with Crippen molar-refractivity contribution in [3.63, 3.8) is 0 Å². The van der Waals surface area contributed by atoms with Crippen LogP contribution in [0, 0.1) is 17.8 Å². The molecule has 0 aromatic carbocycles. The Hall–Kier alpha value is 2.91. The van der Waals surface area contributed by atoms with E-state index in [9.17, 15) is 71.5 Å². The number of ether oxygens (including phenoxy) is 2. The van der Waals surface area contributed by atoms with Gasteiger partial charge in [0.05, 0.1) is 96.1 Å². The summed E-state index contributed by atoms with van der Waals surface area (Å²) < 4.78 is 63.1. The number of primary amides is 1. The molecule has 704 valence electrons. The normalized spacial score (nSPS) is 26.6. The van der Waals surface area contributed by atoms with Crippen molar-refractivity contribution in [2.24, 2.45) is 23.5 Å². The Morgan fingerprint density at radius 1 is 0.692 bits per heavy atom. The van der Waals surface area contributed by atoms with Crippen LogP contribution in [-0.2, 0) is 84.1 Å². The summed E-state index contributed by atoms with van der Waals surface area (Å²) in [4.78, 5) is 117. The molecule has 1 amide bonds. The first-order valence-corrected chi connectivity index (χ1v) is 79.8. The van der Waals surface area contributed by atoms with Crippen LogP contribution in [-0.4, -0.2) is 299 Å². The maximum absolute atomic E-state index is 12.3. The molecule has 12 unspecified atom stereocenters. The van der Waals surface area contributed by atoms with Gasteiger partial charge in [-0.2, -0.15) is 0 Å². The summed E-state index contributed by atoms with van der Waals surface area (Å²) in [6, 6.07) is -1.25. The van der Waals surface area contributed by atoms with Gasteiger partial charge in [0.15, 0.2) is 19.9 Å². The number of carbonyl (C=O) groups is 9. The fraction of sp³-hybridized carbons (Fsp3) is 0.704. The molecule has 2 saturated carbocycles. The van der Waals surface area contributed by atoms with Crippen LogP contribution in [0.25, 0.3) is 0 Å². The zero-order valence-corrected chi connectivity index (χ0v) is 103. The number of hydrogen-bond donors (Lipinski definition) is 6. The van der Waals surface area contributed by atoms with Crippen LogP contribution in [0.3, 0.4) is 0 Å². The second-order valence-corrected chi connectivity index (χ2v) is 55.1. The van der Waals surface area contributed by atoms with Crippen molar-refractivity contribution in [3.8, 4) is 0 Å². The van der Waals surface area contributed by atoms with Crippen LogP contribution in [0.2, 0.25) is 36.3 Å². The minimum absolute atomic E-state index is 0.00769. The number of aliphatic hydroxyl groups excluding tert-OH is 5. The minimum atomic E-state index is -1.98. The van der Waals surface area contributed by atoms with E-state index < -0.39 is 134 Å². The van der Waals surface area contributed by atoms with Gasteiger partial charge < -0.3 is 86.9 Å². The Balaban J connectivity index is -0.000000425. The first-order chi connectivity index (χ1) is 55.5. The molecule has 0 spiro atoms. The van der Waals surface area contributed by atoms with Gasteiger partial charge >= 0.3 is 189 Å². The second kappa shape index (κ2) is 64.7. The standard InChI is InChI=1S/C16H32NO3PSi.C10H18NO4P.C10H16NO4P.C10H23NOSi.C9H14N2O4.C9H14NO5P.C6H9O2P.CH3I2.BI2.FI2.HI2.I2/c1-11-9-10-12(17(5)6)14(13(11)15(18)19-21)20-22(7,8)16(2,3)4;2*1-10-6(14-10)4-5(11(2)3)8(12)7(10)9(13)15-16;1-10(2,3)13(6,7)12-9-8-11(4)5;1-11(2)4-3-5(12)8(14)6(7(4)13)9(10)15;1-10(2)4-3-5(11)8(13)6(7(4)12)9(14)15-16;1-3-5(2)4-6(7)8-9;3*1-3-2;2*1-2/h9,12-14H,10,21H2,1-8H3;5-8,12H,4,16H2,1-3H3;5-7H,4,16H2,1-3H3;8-9H,1-7H3;4-5,12-13H,3H2,1-2H3,(H2,10,15);4-5,11-12H,3,16H2,1-2H3;3-4H,1,9H2,2H3;1H3;;;1H;/q;;;;;;;4*-1;/b;;;9-8-;;;5-4+;;;;;/t12?,13-,14-;5?,6-,7+,8+,10?;5?,6-,7+,10?;;2*4?,5-;;;;;;/m011.11....../s1/i;;;;;;;;;;1D;. The van der Waals surface area contributed by atoms with E-state index >= 15 is 0 Å². The number of carbonyl (C=O) groups excluding carboxylic acids is 9. The van der Waals surface area contributed by atoms with Crippen molar-refractivity contribution < 1.29 is 183 Å². The van der Waals surface area contributed by atoms with Gasteiger partial charge in [0.25, 0.3) is 5.91 Å². The van der Waals surface area contributed by atoms with Gasteiger partial charge in [0.1, 0.15) is 63.8 Å². The summed E-state index contributed by atoms with van der Waals surface area (Å²) in [7, 11) is 28.1. The van der Waals surface area contributed by atoms with Gasteiger partial charge in [-0.3, -0.25) is 48.3 Å². The number of hydrogen-bond acceptors (Lipinski definition) is 29. The third kappa shape index (κ3) is 43.5. The van der Waals surface area contributed by atoms with E-state index in [1.54, 1.807) is 86.0 Å². The number of aliphatic hydroxyl groups is 5. The zero-order chi connectivity index (χ0) is 96.5. The third-order valence-electron chi connectivity index (χ3n) is 20.8. The summed E-state index contributed by atoms with van der Waals surface area (Å²) in [5.74, 6) is -7.67. The number of epoxide rings is 2. The molecule has 49 heteroatoms. The summed E-state index contributed by atoms with van der Waals surface area (Å²) in [6.07, 6.45) is 7.86. The van der Waals surface area contributed by atoms with Crippen LogP contribution in [0.5, 0.6) is 0 Å². The first kappa shape index (κ1) is 129. The van der Waals surface area contributed by atoms with E-state index in [1.807, 2.05) is 126 Å². The second-order valence-electron chi connectivity index (χ2n) is 32.1. The van der Waals surface area contributed by atoms with Crippen LogP contribution >= 0.6 is 159 Å². The molecule has 2 saturated heterocycles. The summed E-state index contributed by atoms with van der Waals surface area (Å²) >= 11 is 12.1. The van der Waals surface area contributed by atoms with Crippen molar-refractivity contribution in [2.75, 3.05) is 89.5 Å². The quantitative estimate of drug-likeness (QED) is 0.00878. The fourth-order valence-electron chi connectivity index (χ4n) is 11.8. The van der Waals surface area contributed by atoms with Crippen LogP contribution < -0.4 is 76.2 Å². The molecule has 2 heterocycles. The number of nitrogens with two attached hydrogens (primary N) is 1. The maximum atomic E-state index is 12.3. The zero-order valence-electron chi connectivity index (χ0n) is 74.2. The molecule has 0 bridgehead atoms. The number of Topliss-reactive ketones (excluding diaryl/α,β-unsaturated/α-hetero) is 3. The average Bonchev–Trinajstić information content (AvgIpc) is 1.56. The molecular formula is C71H130BFI10N7O23P5Si2-4. The van der Waals surface area contributed by atoms with Crippen molar-refractivity contribution in [3.05, 3.63) is 71.1 Å². The predicted molar refractivity (Wildman–Crippen MR) is 527 cm³/mol. The number of ketones is 3. The van der Waals surface area contributed by atoms with E-state index in [1.165, 1.54) is 6.08 Å². The number of likely N-dealkylation sites (N-methyl/N-ethyl adjacent to an activating group) is 5. The van der Waals surface area contributed by atoms with E-state index in [4.69, 9.17) is 34.9 Å². The Bertz CT molecular complexity index is 3430. The first-order valence-electron chi connectivity index (χ1n) is 36.4. The predicted octanol–water partition coefficient (Wildman–Crippen LogP) is -0.905. The molecule has 0 aromatic heterocycles. The molecule has 21 atom stereocenters. The molecule has 2 aliphatic heterocycles. The topological polar surface area (TPSA) is 390 Å². The van der Waals surface area contributed by atoms with Gasteiger partial charge in [-0.1, -0.05) is 65.8 Å². The van der Waals surface area contributed by atoms with Gasteiger partial charge in [-0.25, -0.2) is 9.59 Å². The number of allylic oxidation sites excluding steroid dienone is 2. The molecule has 2 radical (unpaired) electrons. The van der Waals surface area contributed by atoms with E-state index in [0.717, 1.165) is 24.0 Å². The molecule has 7 rings (SSSR count). The summed E-state index contributed by atoms with van der Waals surface area (Å²) in [5, 5.41) is 49.0. The number of nitrogens with zero attached hydrogens (tertiary/aromatic N) is 6. The van der Waals surface area contributed by atoms with Gasteiger partial charge in [-0.15, -0.1) is 0 Å². The number of halogens is 11. The van der Waals surface area contributed by atoms with E-state index in [0.29, 0.717) is 23.7 Å². The Morgan fingerprint density at radius 2 is 1.08 bits per heavy atom. The number of amides is 1. The van der Waals surface area contributed by atoms with Gasteiger partial charge in [-0.05, 0) is 159 Å². The number of fused-ring (bicyclic) bond motifs is 2. The van der Waals surface area contributed by atoms with Gasteiger partial charge in [0, 0.05) is 88.5 Å². The molecule has 0 aromatic rings. The summed E-state index contributed by atoms with van der Waals surface area (Å²) in [6.45, 7) is 33.2. The Labute approximate surface area is 835 Å². The molecule has 5 aliphatic carbocycles. The molecule has 4 fully saturated rings. The SMILES string of the molecule is C=C/C(C)=C/C(=O)OP.CC1=CCC(N(C)C)[C@H](O[Si](C)(C)C(C)(C)C)[C@H]1C(=O)OP.CN(C)/C=C\O[Si](C)(C)C(C)(C)C.CN(C)C1C[C@@H](O)C(=O)C(C(=O)OP)=C1O.CN(C)C1C[C@@H](O)C(=O)C(C(N)=O)=C1O.CN(C)C1C[C@H]2OC2(C)[C@H](C(=O)OP)C1=O.CN(C)C1C[C@H]2OC2(C)[C@H](C(=O)OP)[C@H]1O.C[I-]I.F[I-]I.II.[2H][I-]I.[B][I-]I. The van der Waals surface area contributed by atoms with Crippen LogP contribution in [0.1, 0.15) is 101 Å². The summed E-state index contributed by atoms with van der Waals surface area (Å²) in [5.41, 5.74) is 9.60. The van der Waals surface area contributed by atoms with Crippen molar-refractivity contribution in [1.29, 1.82) is 0.594 Å². The molecule has 7 N–H and O–H groups in total. The molecule has 30 nitrogen and oxygen atoms in total. The molecule has 7 aliphatic rings.